The Hall–Kier alpha value is -3.80. The second kappa shape index (κ2) is 10.1. The van der Waals surface area contributed by atoms with Gasteiger partial charge >= 0.3 is 0 Å². The molecule has 3 aromatic carbocycles. The summed E-state index contributed by atoms with van der Waals surface area (Å²) in [5.74, 6) is 0.0943. The van der Waals surface area contributed by atoms with Crippen molar-refractivity contribution in [3.63, 3.8) is 0 Å². The number of hydrazine groups is 1. The van der Waals surface area contributed by atoms with Gasteiger partial charge < -0.3 is 9.47 Å². The van der Waals surface area contributed by atoms with E-state index in [1.54, 1.807) is 24.3 Å². The van der Waals surface area contributed by atoms with Crippen LogP contribution in [0.3, 0.4) is 0 Å². The number of ether oxygens (including phenoxy) is 2. The zero-order valence-corrected chi connectivity index (χ0v) is 17.0. The zero-order chi connectivity index (χ0) is 21.3. The smallest absolute Gasteiger partial charge is 0.276 e. The molecule has 0 radical (unpaired) electrons. The average Bonchev–Trinajstić information content (AvgIpc) is 2.75. The van der Waals surface area contributed by atoms with Gasteiger partial charge in [-0.05, 0) is 54.8 Å². The summed E-state index contributed by atoms with van der Waals surface area (Å²) < 4.78 is 11.3. The van der Waals surface area contributed by atoms with Crippen molar-refractivity contribution in [2.24, 2.45) is 0 Å². The summed E-state index contributed by atoms with van der Waals surface area (Å²) in [5.41, 5.74) is 8.17. The van der Waals surface area contributed by atoms with Crippen LogP contribution in [0.2, 0.25) is 0 Å². The van der Waals surface area contributed by atoms with Gasteiger partial charge in [0.1, 0.15) is 18.1 Å². The van der Waals surface area contributed by atoms with Gasteiger partial charge in [0.25, 0.3) is 11.8 Å². The molecule has 0 saturated heterocycles. The standard InChI is InChI=1S/C24H24N2O4/c1-17-12-18(2)14-20(13-17)29-16-23(27)25-26-24(28)21-10-6-7-11-22(21)30-15-19-8-4-3-5-9-19/h3-14H,15-16H2,1-2H3,(H,25,27)(H,26,28). The summed E-state index contributed by atoms with van der Waals surface area (Å²) in [7, 11) is 0. The Kier molecular flexibility index (Phi) is 7.05. The first-order chi connectivity index (χ1) is 14.5. The Morgan fingerprint density at radius 2 is 1.47 bits per heavy atom. The van der Waals surface area contributed by atoms with Gasteiger partial charge in [0.05, 0.1) is 5.56 Å². The number of para-hydroxylation sites is 1. The molecule has 0 spiro atoms. The molecule has 0 aliphatic carbocycles. The van der Waals surface area contributed by atoms with Crippen LogP contribution >= 0.6 is 0 Å². The predicted octanol–water partition coefficient (Wildman–Crippen LogP) is 3.72. The Bertz CT molecular complexity index is 998. The fourth-order valence-electron chi connectivity index (χ4n) is 2.91. The Morgan fingerprint density at radius 1 is 0.800 bits per heavy atom. The fraction of sp³-hybridized carbons (Fsp3) is 0.167. The van der Waals surface area contributed by atoms with E-state index in [4.69, 9.17) is 9.47 Å². The second-order valence-electron chi connectivity index (χ2n) is 6.88. The first-order valence-electron chi connectivity index (χ1n) is 9.57. The van der Waals surface area contributed by atoms with Crippen molar-refractivity contribution in [3.8, 4) is 11.5 Å². The summed E-state index contributed by atoms with van der Waals surface area (Å²) in [6, 6.07) is 22.2. The Labute approximate surface area is 175 Å². The molecule has 0 heterocycles. The van der Waals surface area contributed by atoms with Gasteiger partial charge in [-0.15, -0.1) is 0 Å². The lowest BCUT2D eigenvalue weighted by Gasteiger charge is -2.13. The van der Waals surface area contributed by atoms with Crippen molar-refractivity contribution in [1.29, 1.82) is 0 Å². The van der Waals surface area contributed by atoms with E-state index in [1.165, 1.54) is 0 Å². The molecule has 2 N–H and O–H groups in total. The first kappa shape index (κ1) is 20.9. The molecular weight excluding hydrogens is 380 g/mol. The van der Waals surface area contributed by atoms with Crippen LogP contribution in [0.1, 0.15) is 27.0 Å². The van der Waals surface area contributed by atoms with Crippen LogP contribution in [-0.4, -0.2) is 18.4 Å². The van der Waals surface area contributed by atoms with E-state index in [1.807, 2.05) is 62.4 Å². The lowest BCUT2D eigenvalue weighted by atomic mass is 10.1. The Balaban J connectivity index is 1.52. The van der Waals surface area contributed by atoms with Crippen LogP contribution < -0.4 is 20.3 Å². The van der Waals surface area contributed by atoms with Crippen molar-refractivity contribution in [3.05, 3.63) is 95.1 Å². The summed E-state index contributed by atoms with van der Waals surface area (Å²) in [6.45, 7) is 4.03. The van der Waals surface area contributed by atoms with Crippen molar-refractivity contribution in [1.82, 2.24) is 10.9 Å². The lowest BCUT2D eigenvalue weighted by Crippen LogP contribution is -2.43. The van der Waals surface area contributed by atoms with Gasteiger partial charge in [0, 0.05) is 0 Å². The van der Waals surface area contributed by atoms with E-state index in [0.29, 0.717) is 23.7 Å². The molecule has 2 amide bonds. The molecule has 0 atom stereocenters. The second-order valence-corrected chi connectivity index (χ2v) is 6.88. The number of aryl methyl sites for hydroxylation is 2. The van der Waals surface area contributed by atoms with E-state index in [-0.39, 0.29) is 6.61 Å². The van der Waals surface area contributed by atoms with Crippen LogP contribution in [0.25, 0.3) is 0 Å². The van der Waals surface area contributed by atoms with Crippen LogP contribution in [0.5, 0.6) is 11.5 Å². The van der Waals surface area contributed by atoms with Crippen molar-refractivity contribution >= 4 is 11.8 Å². The van der Waals surface area contributed by atoms with Crippen LogP contribution in [-0.2, 0) is 11.4 Å². The summed E-state index contributed by atoms with van der Waals surface area (Å²) >= 11 is 0. The van der Waals surface area contributed by atoms with E-state index in [9.17, 15) is 9.59 Å². The molecule has 3 rings (SSSR count). The zero-order valence-electron chi connectivity index (χ0n) is 17.0. The Morgan fingerprint density at radius 3 is 2.20 bits per heavy atom. The topological polar surface area (TPSA) is 76.7 Å². The fourth-order valence-corrected chi connectivity index (χ4v) is 2.91. The van der Waals surface area contributed by atoms with Crippen molar-refractivity contribution < 1.29 is 19.1 Å². The summed E-state index contributed by atoms with van der Waals surface area (Å²) in [4.78, 5) is 24.5. The molecule has 0 aromatic heterocycles. The number of rotatable bonds is 7. The molecule has 3 aromatic rings. The van der Waals surface area contributed by atoms with Gasteiger partial charge in [0.2, 0.25) is 0 Å². The highest BCUT2D eigenvalue weighted by molar-refractivity contribution is 5.97. The maximum Gasteiger partial charge on any atom is 0.276 e. The van der Waals surface area contributed by atoms with Gasteiger partial charge in [-0.25, -0.2) is 0 Å². The molecule has 6 heteroatoms. The average molecular weight is 404 g/mol. The number of amides is 2. The van der Waals surface area contributed by atoms with E-state index < -0.39 is 11.8 Å². The molecule has 0 aliphatic rings. The molecule has 0 fully saturated rings. The monoisotopic (exact) mass is 404 g/mol. The summed E-state index contributed by atoms with van der Waals surface area (Å²) in [5, 5.41) is 0. The number of carbonyl (C=O) groups excluding carboxylic acids is 2. The van der Waals surface area contributed by atoms with Crippen molar-refractivity contribution in [2.45, 2.75) is 20.5 Å². The molecule has 0 aliphatic heterocycles. The third-order valence-electron chi connectivity index (χ3n) is 4.25. The van der Waals surface area contributed by atoms with Gasteiger partial charge in [0.15, 0.2) is 6.61 Å². The summed E-state index contributed by atoms with van der Waals surface area (Å²) in [6.07, 6.45) is 0. The van der Waals surface area contributed by atoms with Crippen LogP contribution in [0.4, 0.5) is 0 Å². The van der Waals surface area contributed by atoms with Crippen molar-refractivity contribution in [2.75, 3.05) is 6.61 Å². The number of hydrogen-bond donors (Lipinski definition) is 2. The highest BCUT2D eigenvalue weighted by Gasteiger charge is 2.13. The number of benzene rings is 3. The van der Waals surface area contributed by atoms with Gasteiger partial charge in [-0.2, -0.15) is 0 Å². The minimum absolute atomic E-state index is 0.213. The molecular formula is C24H24N2O4. The predicted molar refractivity (Wildman–Crippen MR) is 114 cm³/mol. The minimum Gasteiger partial charge on any atom is -0.488 e. The SMILES string of the molecule is Cc1cc(C)cc(OCC(=O)NNC(=O)c2ccccc2OCc2ccccc2)c1. The normalized spacial score (nSPS) is 10.2. The maximum atomic E-state index is 12.5. The number of nitrogens with one attached hydrogen (secondary N) is 2. The van der Waals surface area contributed by atoms with E-state index in [0.717, 1.165) is 16.7 Å². The number of carbonyl (C=O) groups is 2. The van der Waals surface area contributed by atoms with Gasteiger partial charge in [-0.3, -0.25) is 20.4 Å². The quantitative estimate of drug-likeness (QED) is 0.589. The van der Waals surface area contributed by atoms with E-state index >= 15 is 0 Å². The molecule has 0 saturated carbocycles. The third-order valence-corrected chi connectivity index (χ3v) is 4.25. The van der Waals surface area contributed by atoms with Crippen LogP contribution in [0, 0.1) is 13.8 Å². The minimum atomic E-state index is -0.474. The van der Waals surface area contributed by atoms with Crippen LogP contribution in [0.15, 0.2) is 72.8 Å². The highest BCUT2D eigenvalue weighted by atomic mass is 16.5. The lowest BCUT2D eigenvalue weighted by molar-refractivity contribution is -0.123. The molecule has 0 unspecified atom stereocenters. The van der Waals surface area contributed by atoms with Gasteiger partial charge in [-0.1, -0.05) is 48.5 Å². The highest BCUT2D eigenvalue weighted by Crippen LogP contribution is 2.19. The molecule has 30 heavy (non-hydrogen) atoms. The van der Waals surface area contributed by atoms with E-state index in [2.05, 4.69) is 10.9 Å². The molecule has 154 valence electrons. The largest absolute Gasteiger partial charge is 0.488 e. The number of hydrogen-bond acceptors (Lipinski definition) is 4. The maximum absolute atomic E-state index is 12.5. The first-order valence-corrected chi connectivity index (χ1v) is 9.57. The molecule has 0 bridgehead atoms. The third kappa shape index (κ3) is 6.10. The molecule has 6 nitrogen and oxygen atoms in total.